The highest BCUT2D eigenvalue weighted by atomic mass is 16.7. The summed E-state index contributed by atoms with van der Waals surface area (Å²) in [6.07, 6.45) is 2.53. The number of rotatable bonds is 2. The van der Waals surface area contributed by atoms with E-state index in [9.17, 15) is 14.7 Å². The minimum atomic E-state index is -0.702. The zero-order valence-electron chi connectivity index (χ0n) is 15.6. The van der Waals surface area contributed by atoms with Crippen LogP contribution in [0.1, 0.15) is 37.6 Å². The molecule has 28 heavy (non-hydrogen) atoms. The third kappa shape index (κ3) is 2.31. The van der Waals surface area contributed by atoms with E-state index in [-0.39, 0.29) is 18.8 Å². The summed E-state index contributed by atoms with van der Waals surface area (Å²) in [5.74, 6) is 0.435. The molecule has 0 radical (unpaired) electrons. The molecule has 1 fully saturated rings. The molecule has 3 heterocycles. The van der Waals surface area contributed by atoms with E-state index in [1.165, 1.54) is 13.8 Å². The van der Waals surface area contributed by atoms with Crippen LogP contribution in [0.15, 0.2) is 24.3 Å². The molecule has 8 nitrogen and oxygen atoms in total. The summed E-state index contributed by atoms with van der Waals surface area (Å²) in [5, 5.41) is 11.1. The van der Waals surface area contributed by atoms with E-state index in [2.05, 4.69) is 0 Å². The van der Waals surface area contributed by atoms with Gasteiger partial charge in [0.1, 0.15) is 6.10 Å². The molecule has 2 bridgehead atoms. The Hall–Kier alpha value is -2.58. The summed E-state index contributed by atoms with van der Waals surface area (Å²) < 4.78 is 22.1. The molecule has 4 aliphatic rings. The van der Waals surface area contributed by atoms with Crippen LogP contribution in [-0.4, -0.2) is 53.5 Å². The molecule has 0 aromatic heterocycles. The van der Waals surface area contributed by atoms with Crippen LogP contribution in [0.5, 0.6) is 11.5 Å². The summed E-state index contributed by atoms with van der Waals surface area (Å²) in [7, 11) is 0. The van der Waals surface area contributed by atoms with Crippen LogP contribution in [0.25, 0.3) is 0 Å². The SMILES string of the molecule is CC(=O)OC1C=CC23c4cc5c(cc4C(OC(C)=O)N(CC2O)C3C1)OCO5. The molecule has 1 saturated heterocycles. The van der Waals surface area contributed by atoms with Crippen molar-refractivity contribution in [1.82, 2.24) is 4.90 Å². The molecule has 1 aromatic carbocycles. The fourth-order valence-electron chi connectivity index (χ4n) is 5.10. The van der Waals surface area contributed by atoms with Gasteiger partial charge in [0.25, 0.3) is 0 Å². The van der Waals surface area contributed by atoms with E-state index < -0.39 is 29.8 Å². The first-order chi connectivity index (χ1) is 13.4. The predicted octanol–water partition coefficient (Wildman–Crippen LogP) is 1.17. The Labute approximate surface area is 161 Å². The molecule has 6 atom stereocenters. The minimum Gasteiger partial charge on any atom is -0.458 e. The van der Waals surface area contributed by atoms with E-state index in [0.717, 1.165) is 11.1 Å². The summed E-state index contributed by atoms with van der Waals surface area (Å²) >= 11 is 0. The van der Waals surface area contributed by atoms with Crippen molar-refractivity contribution in [2.24, 2.45) is 0 Å². The quantitative estimate of drug-likeness (QED) is 0.597. The number of fused-ring (bicyclic) bond motifs is 2. The fourth-order valence-corrected chi connectivity index (χ4v) is 5.10. The van der Waals surface area contributed by atoms with Crippen molar-refractivity contribution >= 4 is 11.9 Å². The van der Waals surface area contributed by atoms with E-state index in [4.69, 9.17) is 18.9 Å². The number of hydrogen-bond donors (Lipinski definition) is 1. The summed E-state index contributed by atoms with van der Waals surface area (Å²) in [6, 6.07) is 3.53. The molecule has 0 amide bonds. The lowest BCUT2D eigenvalue weighted by Gasteiger charge is -2.48. The lowest BCUT2D eigenvalue weighted by Crippen LogP contribution is -2.54. The Morgan fingerprint density at radius 2 is 1.89 bits per heavy atom. The Morgan fingerprint density at radius 1 is 1.18 bits per heavy atom. The van der Waals surface area contributed by atoms with Crippen molar-refractivity contribution in [3.63, 3.8) is 0 Å². The van der Waals surface area contributed by atoms with Gasteiger partial charge in [-0.25, -0.2) is 0 Å². The number of ether oxygens (including phenoxy) is 4. The van der Waals surface area contributed by atoms with Crippen LogP contribution >= 0.6 is 0 Å². The Bertz CT molecular complexity index is 897. The molecule has 1 N–H and O–H groups in total. The van der Waals surface area contributed by atoms with Gasteiger partial charge in [0, 0.05) is 38.4 Å². The van der Waals surface area contributed by atoms with E-state index in [1.54, 1.807) is 0 Å². The molecule has 3 aliphatic heterocycles. The number of aliphatic hydroxyl groups excluding tert-OH is 1. The topological polar surface area (TPSA) is 94.5 Å². The lowest BCUT2D eigenvalue weighted by molar-refractivity contribution is -0.161. The van der Waals surface area contributed by atoms with Gasteiger partial charge < -0.3 is 24.1 Å². The van der Waals surface area contributed by atoms with Gasteiger partial charge in [-0.05, 0) is 23.8 Å². The summed E-state index contributed by atoms with van der Waals surface area (Å²) in [5.41, 5.74) is 0.943. The van der Waals surface area contributed by atoms with Gasteiger partial charge in [0.2, 0.25) is 6.79 Å². The molecule has 5 rings (SSSR count). The van der Waals surface area contributed by atoms with Crippen LogP contribution in [0.3, 0.4) is 0 Å². The first-order valence-electron chi connectivity index (χ1n) is 9.32. The van der Waals surface area contributed by atoms with Crippen LogP contribution in [-0.2, 0) is 24.5 Å². The van der Waals surface area contributed by atoms with Crippen LogP contribution in [0.2, 0.25) is 0 Å². The molecule has 148 valence electrons. The maximum absolute atomic E-state index is 11.8. The average molecular weight is 387 g/mol. The molecule has 8 heteroatoms. The standard InChI is InChI=1S/C20H21NO7/c1-10(22)27-12-3-4-20-14-7-16-15(25-9-26-16)6-13(14)19(28-11(2)23)21(8-18(20)24)17(20)5-12/h3-4,6-7,12,17-19,24H,5,8-9H2,1-2H3. The normalized spacial score (nSPS) is 36.5. The van der Waals surface area contributed by atoms with Crippen LogP contribution < -0.4 is 9.47 Å². The third-order valence-electron chi connectivity index (χ3n) is 6.10. The molecule has 1 aliphatic carbocycles. The van der Waals surface area contributed by atoms with Gasteiger partial charge >= 0.3 is 11.9 Å². The highest BCUT2D eigenvalue weighted by molar-refractivity contribution is 5.68. The van der Waals surface area contributed by atoms with Gasteiger partial charge in [-0.3, -0.25) is 14.5 Å². The number of nitrogens with zero attached hydrogens (tertiary/aromatic N) is 1. The molecular weight excluding hydrogens is 366 g/mol. The van der Waals surface area contributed by atoms with E-state index in [0.29, 0.717) is 24.5 Å². The predicted molar refractivity (Wildman–Crippen MR) is 94.6 cm³/mol. The van der Waals surface area contributed by atoms with Crippen molar-refractivity contribution < 1.29 is 33.6 Å². The van der Waals surface area contributed by atoms with Gasteiger partial charge in [-0.2, -0.15) is 0 Å². The number of carbonyl (C=O) groups excluding carboxylic acids is 2. The zero-order valence-corrected chi connectivity index (χ0v) is 15.6. The van der Waals surface area contributed by atoms with Gasteiger partial charge in [0.15, 0.2) is 17.7 Å². The molecule has 0 saturated carbocycles. The maximum atomic E-state index is 11.8. The smallest absolute Gasteiger partial charge is 0.304 e. The Kier molecular flexibility index (Phi) is 3.73. The van der Waals surface area contributed by atoms with Crippen LogP contribution in [0, 0.1) is 0 Å². The van der Waals surface area contributed by atoms with Gasteiger partial charge in [0.05, 0.1) is 11.5 Å². The Morgan fingerprint density at radius 3 is 2.61 bits per heavy atom. The third-order valence-corrected chi connectivity index (χ3v) is 6.10. The van der Waals surface area contributed by atoms with Crippen molar-refractivity contribution in [3.8, 4) is 11.5 Å². The van der Waals surface area contributed by atoms with Crippen molar-refractivity contribution in [2.45, 2.75) is 50.2 Å². The molecule has 0 spiro atoms. The second kappa shape index (κ2) is 5.96. The Balaban J connectivity index is 1.68. The summed E-state index contributed by atoms with van der Waals surface area (Å²) in [4.78, 5) is 25.2. The van der Waals surface area contributed by atoms with Crippen LogP contribution in [0.4, 0.5) is 0 Å². The van der Waals surface area contributed by atoms with E-state index in [1.807, 2.05) is 29.2 Å². The first-order valence-corrected chi connectivity index (χ1v) is 9.32. The highest BCUT2D eigenvalue weighted by Crippen LogP contribution is 2.57. The number of aliphatic hydroxyl groups is 1. The maximum Gasteiger partial charge on any atom is 0.304 e. The first kappa shape index (κ1) is 17.5. The van der Waals surface area contributed by atoms with Gasteiger partial charge in [-0.1, -0.05) is 6.08 Å². The van der Waals surface area contributed by atoms with Gasteiger partial charge in [-0.15, -0.1) is 0 Å². The fraction of sp³-hybridized carbons (Fsp3) is 0.500. The molecular formula is C20H21NO7. The highest BCUT2D eigenvalue weighted by Gasteiger charge is 2.62. The zero-order chi connectivity index (χ0) is 19.6. The number of benzene rings is 1. The van der Waals surface area contributed by atoms with Crippen molar-refractivity contribution in [2.75, 3.05) is 13.3 Å². The second-order valence-electron chi connectivity index (χ2n) is 7.66. The average Bonchev–Trinajstić information content (AvgIpc) is 3.18. The minimum absolute atomic E-state index is 0.128. The summed E-state index contributed by atoms with van der Waals surface area (Å²) in [6.45, 7) is 3.20. The lowest BCUT2D eigenvalue weighted by atomic mass is 9.65. The van der Waals surface area contributed by atoms with Crippen molar-refractivity contribution in [1.29, 1.82) is 0 Å². The largest absolute Gasteiger partial charge is 0.458 e. The van der Waals surface area contributed by atoms with Crippen molar-refractivity contribution in [3.05, 3.63) is 35.4 Å². The van der Waals surface area contributed by atoms with E-state index >= 15 is 0 Å². The second-order valence-corrected chi connectivity index (χ2v) is 7.66. The monoisotopic (exact) mass is 387 g/mol. The molecule has 1 aromatic rings. The molecule has 6 unspecified atom stereocenters. The number of carbonyl (C=O) groups is 2. The number of esters is 2. The number of hydrogen-bond acceptors (Lipinski definition) is 8.